The van der Waals surface area contributed by atoms with Crippen molar-refractivity contribution >= 4 is 12.0 Å². The fraction of sp³-hybridized carbons (Fsp3) is 0.353. The van der Waals surface area contributed by atoms with E-state index in [0.29, 0.717) is 35.9 Å². The third kappa shape index (κ3) is 6.08. The number of nitrogens with one attached hydrogen (secondary N) is 1. The van der Waals surface area contributed by atoms with Crippen LogP contribution in [0.4, 0.5) is 19.0 Å². The van der Waals surface area contributed by atoms with Gasteiger partial charge in [-0.3, -0.25) is 5.43 Å². The standard InChI is InChI=1S/C17H20F3N5O/c1-26-7-3-6-15-23-14(10-21)9-16(24-15)25-22-11-12-4-2-5-13(8-12)17(18,19)20/h2,4-5,8-9,11H,3,6-7,10,21H2,1H3,(H,23,24,25)/b22-11-. The average molecular weight is 367 g/mol. The number of benzene rings is 1. The molecule has 0 aliphatic heterocycles. The maximum atomic E-state index is 12.7. The Balaban J connectivity index is 2.08. The van der Waals surface area contributed by atoms with E-state index >= 15 is 0 Å². The Labute approximate surface area is 149 Å². The summed E-state index contributed by atoms with van der Waals surface area (Å²) in [6, 6.07) is 6.53. The van der Waals surface area contributed by atoms with Crippen LogP contribution in [0.3, 0.4) is 0 Å². The van der Waals surface area contributed by atoms with E-state index in [-0.39, 0.29) is 6.54 Å². The first-order chi connectivity index (χ1) is 12.4. The molecule has 0 amide bonds. The molecule has 2 rings (SSSR count). The molecule has 9 heteroatoms. The number of rotatable bonds is 8. The zero-order valence-corrected chi connectivity index (χ0v) is 14.3. The quantitative estimate of drug-likeness (QED) is 0.426. The summed E-state index contributed by atoms with van der Waals surface area (Å²) in [6.07, 6.45) is -1.72. The van der Waals surface area contributed by atoms with Crippen molar-refractivity contribution in [3.05, 3.63) is 53.0 Å². The number of halogens is 3. The van der Waals surface area contributed by atoms with Gasteiger partial charge in [-0.1, -0.05) is 12.1 Å². The van der Waals surface area contributed by atoms with Gasteiger partial charge in [0.1, 0.15) is 11.6 Å². The van der Waals surface area contributed by atoms with E-state index in [1.54, 1.807) is 13.2 Å². The molecule has 1 heterocycles. The summed E-state index contributed by atoms with van der Waals surface area (Å²) in [7, 11) is 1.62. The topological polar surface area (TPSA) is 85.4 Å². The van der Waals surface area contributed by atoms with Crippen LogP contribution in [0.2, 0.25) is 0 Å². The van der Waals surface area contributed by atoms with Crippen LogP contribution in [0.15, 0.2) is 35.4 Å². The van der Waals surface area contributed by atoms with E-state index in [2.05, 4.69) is 20.5 Å². The largest absolute Gasteiger partial charge is 0.416 e. The van der Waals surface area contributed by atoms with Gasteiger partial charge in [-0.15, -0.1) is 0 Å². The number of hydrogen-bond acceptors (Lipinski definition) is 6. The van der Waals surface area contributed by atoms with Gasteiger partial charge >= 0.3 is 6.18 Å². The van der Waals surface area contributed by atoms with E-state index in [1.165, 1.54) is 18.3 Å². The molecule has 1 aromatic carbocycles. The molecule has 140 valence electrons. The third-order valence-corrected chi connectivity index (χ3v) is 3.39. The van der Waals surface area contributed by atoms with Crippen LogP contribution in [0.25, 0.3) is 0 Å². The first-order valence-electron chi connectivity index (χ1n) is 7.94. The first-order valence-corrected chi connectivity index (χ1v) is 7.94. The molecule has 0 fully saturated rings. The Morgan fingerprint density at radius 3 is 2.77 bits per heavy atom. The van der Waals surface area contributed by atoms with E-state index < -0.39 is 11.7 Å². The zero-order chi connectivity index (χ0) is 19.0. The Bertz CT molecular complexity index is 749. The third-order valence-electron chi connectivity index (χ3n) is 3.39. The van der Waals surface area contributed by atoms with Crippen LogP contribution >= 0.6 is 0 Å². The van der Waals surface area contributed by atoms with Gasteiger partial charge in [0.25, 0.3) is 0 Å². The van der Waals surface area contributed by atoms with E-state index in [4.69, 9.17) is 10.5 Å². The highest BCUT2D eigenvalue weighted by atomic mass is 19.4. The van der Waals surface area contributed by atoms with Crippen LogP contribution in [-0.4, -0.2) is 29.9 Å². The molecule has 0 aliphatic rings. The molecule has 26 heavy (non-hydrogen) atoms. The van der Waals surface area contributed by atoms with Crippen LogP contribution in [0.1, 0.15) is 29.1 Å². The summed E-state index contributed by atoms with van der Waals surface area (Å²) in [4.78, 5) is 8.63. The Morgan fingerprint density at radius 1 is 1.27 bits per heavy atom. The van der Waals surface area contributed by atoms with Gasteiger partial charge in [-0.05, 0) is 24.1 Å². The number of hydrogen-bond donors (Lipinski definition) is 2. The second kappa shape index (κ2) is 9.25. The molecule has 0 unspecified atom stereocenters. The van der Waals surface area contributed by atoms with E-state index in [1.807, 2.05) is 0 Å². The monoisotopic (exact) mass is 367 g/mol. The second-order valence-corrected chi connectivity index (χ2v) is 5.45. The molecule has 0 saturated heterocycles. The smallest absolute Gasteiger partial charge is 0.385 e. The van der Waals surface area contributed by atoms with Crippen molar-refractivity contribution in [1.82, 2.24) is 9.97 Å². The highest BCUT2D eigenvalue weighted by Crippen LogP contribution is 2.29. The summed E-state index contributed by atoms with van der Waals surface area (Å²) in [5.41, 5.74) is 8.57. The van der Waals surface area contributed by atoms with E-state index in [0.717, 1.165) is 18.6 Å². The SMILES string of the molecule is COCCCc1nc(CN)cc(N/N=C\c2cccc(C(F)(F)F)c2)n1. The Morgan fingerprint density at radius 2 is 2.08 bits per heavy atom. The maximum Gasteiger partial charge on any atom is 0.416 e. The van der Waals surface area contributed by atoms with Crippen LogP contribution in [-0.2, 0) is 23.9 Å². The van der Waals surface area contributed by atoms with Crippen molar-refractivity contribution in [2.75, 3.05) is 19.1 Å². The normalized spacial score (nSPS) is 11.9. The number of nitrogens with two attached hydrogens (primary N) is 1. The molecular weight excluding hydrogens is 347 g/mol. The van der Waals surface area contributed by atoms with Crippen LogP contribution in [0, 0.1) is 0 Å². The summed E-state index contributed by atoms with van der Waals surface area (Å²) >= 11 is 0. The minimum absolute atomic E-state index is 0.242. The van der Waals surface area contributed by atoms with Crippen molar-refractivity contribution in [3.8, 4) is 0 Å². The van der Waals surface area contributed by atoms with Crippen molar-refractivity contribution < 1.29 is 17.9 Å². The minimum atomic E-state index is -4.39. The van der Waals surface area contributed by atoms with Gasteiger partial charge < -0.3 is 10.5 Å². The number of anilines is 1. The predicted octanol–water partition coefficient (Wildman–Crippen LogP) is 2.98. The molecule has 6 nitrogen and oxygen atoms in total. The van der Waals surface area contributed by atoms with Crippen molar-refractivity contribution in [2.24, 2.45) is 10.8 Å². The van der Waals surface area contributed by atoms with Gasteiger partial charge in [-0.25, -0.2) is 9.97 Å². The predicted molar refractivity (Wildman–Crippen MR) is 92.8 cm³/mol. The van der Waals surface area contributed by atoms with Crippen LogP contribution in [0.5, 0.6) is 0 Å². The maximum absolute atomic E-state index is 12.7. The summed E-state index contributed by atoms with van der Waals surface area (Å²) in [6.45, 7) is 0.832. The molecule has 0 aliphatic carbocycles. The molecule has 0 saturated carbocycles. The van der Waals surface area contributed by atoms with Gasteiger partial charge in [-0.2, -0.15) is 18.3 Å². The lowest BCUT2D eigenvalue weighted by molar-refractivity contribution is -0.137. The van der Waals surface area contributed by atoms with Crippen LogP contribution < -0.4 is 11.2 Å². The van der Waals surface area contributed by atoms with Gasteiger partial charge in [0, 0.05) is 32.7 Å². The zero-order valence-electron chi connectivity index (χ0n) is 14.3. The van der Waals surface area contributed by atoms with Gasteiger partial charge in [0.15, 0.2) is 0 Å². The van der Waals surface area contributed by atoms with E-state index in [9.17, 15) is 13.2 Å². The molecule has 3 N–H and O–H groups in total. The summed E-state index contributed by atoms with van der Waals surface area (Å²) in [5.74, 6) is 1.03. The fourth-order valence-electron chi connectivity index (χ4n) is 2.17. The summed E-state index contributed by atoms with van der Waals surface area (Å²) < 4.78 is 43.1. The first kappa shape index (κ1) is 19.8. The highest BCUT2D eigenvalue weighted by Gasteiger charge is 2.30. The molecule has 0 radical (unpaired) electrons. The molecule has 1 aromatic heterocycles. The number of hydrazone groups is 1. The number of alkyl halides is 3. The lowest BCUT2D eigenvalue weighted by atomic mass is 10.1. The number of ether oxygens (including phenoxy) is 1. The molecule has 2 aromatic rings. The average Bonchev–Trinajstić information content (AvgIpc) is 2.61. The Kier molecular flexibility index (Phi) is 7.05. The number of nitrogens with zero attached hydrogens (tertiary/aromatic N) is 3. The minimum Gasteiger partial charge on any atom is -0.385 e. The number of aryl methyl sites for hydroxylation is 1. The lowest BCUT2D eigenvalue weighted by Gasteiger charge is -2.07. The van der Waals surface area contributed by atoms with Crippen molar-refractivity contribution in [3.63, 3.8) is 0 Å². The Hall–Kier alpha value is -2.52. The number of aromatic nitrogens is 2. The molecule has 0 spiro atoms. The lowest BCUT2D eigenvalue weighted by Crippen LogP contribution is -2.08. The van der Waals surface area contributed by atoms with Gasteiger partial charge in [0.2, 0.25) is 0 Å². The van der Waals surface area contributed by atoms with Crippen molar-refractivity contribution in [1.29, 1.82) is 0 Å². The number of methoxy groups -OCH3 is 1. The van der Waals surface area contributed by atoms with Crippen molar-refractivity contribution in [2.45, 2.75) is 25.6 Å². The summed E-state index contributed by atoms with van der Waals surface area (Å²) in [5, 5.41) is 3.95. The molecule has 0 atom stereocenters. The fourth-order valence-corrected chi connectivity index (χ4v) is 2.17. The highest BCUT2D eigenvalue weighted by molar-refractivity contribution is 5.80. The van der Waals surface area contributed by atoms with Gasteiger partial charge in [0.05, 0.1) is 17.5 Å². The molecule has 0 bridgehead atoms. The second-order valence-electron chi connectivity index (χ2n) is 5.45. The molecular formula is C17H20F3N5O.